The molecule has 1 rings (SSSR count). The van der Waals surface area contributed by atoms with Gasteiger partial charge in [-0.25, -0.2) is 0 Å². The average molecular weight is 771 g/mol. The lowest BCUT2D eigenvalue weighted by molar-refractivity contribution is -0.183. The Morgan fingerprint density at radius 3 is 0.852 bits per heavy atom. The van der Waals surface area contributed by atoms with Crippen molar-refractivity contribution in [1.82, 2.24) is 0 Å². The van der Waals surface area contributed by atoms with Crippen molar-refractivity contribution >= 4 is 0 Å². The molecule has 1 aliphatic carbocycles. The van der Waals surface area contributed by atoms with Crippen molar-refractivity contribution in [3.63, 3.8) is 0 Å². The maximum atomic E-state index is 10.8. The molecular weight excluding hydrogens is 677 g/mol. The summed E-state index contributed by atoms with van der Waals surface area (Å²) in [5.41, 5.74) is -2.08. The molecule has 0 aromatic carbocycles. The Balaban J connectivity index is 3.30. The minimum atomic E-state index is -0.766. The number of aliphatic hydroxyl groups excluding tert-OH is 7. The van der Waals surface area contributed by atoms with Crippen LogP contribution in [0, 0.1) is 22.2 Å². The molecule has 0 spiro atoms. The van der Waals surface area contributed by atoms with Crippen molar-refractivity contribution in [2.24, 2.45) is 22.2 Å². The molecule has 1 unspecified atom stereocenters. The zero-order valence-corrected chi connectivity index (χ0v) is 35.6. The Bertz CT molecular complexity index is 774. The zero-order chi connectivity index (χ0) is 39.5. The van der Waals surface area contributed by atoms with Gasteiger partial charge in [-0.1, -0.05) is 173 Å². The van der Waals surface area contributed by atoms with Crippen molar-refractivity contribution in [1.29, 1.82) is 0 Å². The fourth-order valence-electron chi connectivity index (χ4n) is 11.5. The molecule has 1 fully saturated rings. The van der Waals surface area contributed by atoms with Gasteiger partial charge in [0.15, 0.2) is 0 Å². The van der Waals surface area contributed by atoms with Gasteiger partial charge >= 0.3 is 0 Å². The van der Waals surface area contributed by atoms with Gasteiger partial charge in [0.1, 0.15) is 0 Å². The van der Waals surface area contributed by atoms with Crippen LogP contribution in [0.25, 0.3) is 0 Å². The van der Waals surface area contributed by atoms with Gasteiger partial charge in [0.25, 0.3) is 0 Å². The molecule has 54 heavy (non-hydrogen) atoms. The molecule has 7 N–H and O–H groups in total. The second-order valence-electron chi connectivity index (χ2n) is 17.7. The molecule has 0 radical (unpaired) electrons. The summed E-state index contributed by atoms with van der Waals surface area (Å²) in [5.74, 6) is -0.0462. The van der Waals surface area contributed by atoms with E-state index < -0.39 is 16.2 Å². The second kappa shape index (κ2) is 34.7. The topological polar surface area (TPSA) is 142 Å². The van der Waals surface area contributed by atoms with Crippen molar-refractivity contribution in [2.75, 3.05) is 46.2 Å². The van der Waals surface area contributed by atoms with E-state index in [1.807, 2.05) is 0 Å². The summed E-state index contributed by atoms with van der Waals surface area (Å²) in [6.07, 6.45) is 39.2. The van der Waals surface area contributed by atoms with Crippen LogP contribution in [-0.4, -0.2) is 82.0 Å². The van der Waals surface area contributed by atoms with Crippen LogP contribution in [0.1, 0.15) is 231 Å². The third-order valence-electron chi connectivity index (χ3n) is 14.3. The minimum absolute atomic E-state index is 0.00932. The Kier molecular flexibility index (Phi) is 33.3. The van der Waals surface area contributed by atoms with E-state index in [0.717, 1.165) is 44.9 Å². The van der Waals surface area contributed by atoms with Gasteiger partial charge in [-0.15, -0.1) is 0 Å². The normalized spacial score (nSPS) is 23.7. The van der Waals surface area contributed by atoms with Crippen LogP contribution in [0.15, 0.2) is 0 Å². The minimum Gasteiger partial charge on any atom is -0.396 e. The molecule has 0 heterocycles. The molecule has 0 aromatic rings. The summed E-state index contributed by atoms with van der Waals surface area (Å²) >= 11 is 0. The summed E-state index contributed by atoms with van der Waals surface area (Å²) in [6, 6.07) is 0. The van der Waals surface area contributed by atoms with Crippen LogP contribution in [0.3, 0.4) is 0 Å². The van der Waals surface area contributed by atoms with Gasteiger partial charge in [0, 0.05) is 46.2 Å². The average Bonchev–Trinajstić information content (AvgIpc) is 3.16. The Hall–Kier alpha value is -0.280. The van der Waals surface area contributed by atoms with E-state index in [9.17, 15) is 35.7 Å². The van der Waals surface area contributed by atoms with E-state index in [4.69, 9.17) is 0 Å². The van der Waals surface area contributed by atoms with Crippen LogP contribution >= 0.6 is 0 Å². The fraction of sp³-hybridized carbons (Fsp3) is 1.00. The number of hydrogen-bond acceptors (Lipinski definition) is 7. The molecule has 0 amide bonds. The summed E-state index contributed by atoms with van der Waals surface area (Å²) < 4.78 is 0. The Labute approximate surface area is 334 Å². The van der Waals surface area contributed by atoms with Gasteiger partial charge in [-0.2, -0.15) is 0 Å². The highest BCUT2D eigenvalue weighted by Crippen LogP contribution is 2.67. The second-order valence-corrected chi connectivity index (χ2v) is 17.7. The summed E-state index contributed by atoms with van der Waals surface area (Å²) in [6.45, 7) is -0.602. The molecule has 0 saturated heterocycles. The third kappa shape index (κ3) is 19.0. The van der Waals surface area contributed by atoms with E-state index in [0.29, 0.717) is 44.9 Å². The largest absolute Gasteiger partial charge is 0.396 e. The molecule has 324 valence electrons. The van der Waals surface area contributed by atoms with Gasteiger partial charge in [0.2, 0.25) is 0 Å². The maximum Gasteiger partial charge on any atom is 0.0436 e. The van der Waals surface area contributed by atoms with Crippen molar-refractivity contribution < 1.29 is 35.7 Å². The van der Waals surface area contributed by atoms with E-state index in [1.165, 1.54) is 141 Å². The Morgan fingerprint density at radius 1 is 0.296 bits per heavy atom. The monoisotopic (exact) mass is 771 g/mol. The first-order chi connectivity index (χ1) is 26.5. The quantitative estimate of drug-likeness (QED) is 0.0932. The predicted octanol–water partition coefficient (Wildman–Crippen LogP) is 10.6. The molecule has 0 aromatic heterocycles. The van der Waals surface area contributed by atoms with E-state index in [-0.39, 0.29) is 52.2 Å². The predicted molar refractivity (Wildman–Crippen MR) is 227 cm³/mol. The fourth-order valence-corrected chi connectivity index (χ4v) is 11.5. The van der Waals surface area contributed by atoms with Crippen LogP contribution in [0.5, 0.6) is 0 Å². The lowest BCUT2D eigenvalue weighted by Crippen LogP contribution is -2.59. The maximum absolute atomic E-state index is 10.8. The number of rotatable bonds is 14. The zero-order valence-electron chi connectivity index (χ0n) is 35.6. The van der Waals surface area contributed by atoms with E-state index >= 15 is 0 Å². The summed E-state index contributed by atoms with van der Waals surface area (Å²) in [7, 11) is 0. The molecule has 1 aliphatic rings. The van der Waals surface area contributed by atoms with Crippen LogP contribution in [-0.2, 0) is 0 Å². The van der Waals surface area contributed by atoms with E-state index in [1.54, 1.807) is 0 Å². The lowest BCUT2D eigenvalue weighted by Gasteiger charge is -2.64. The van der Waals surface area contributed by atoms with Crippen molar-refractivity contribution in [3.05, 3.63) is 0 Å². The van der Waals surface area contributed by atoms with Crippen LogP contribution < -0.4 is 0 Å². The summed E-state index contributed by atoms with van der Waals surface area (Å²) in [5, 5.41) is 75.1. The van der Waals surface area contributed by atoms with Crippen LogP contribution in [0.2, 0.25) is 0 Å². The number of hydrogen-bond donors (Lipinski definition) is 7. The third-order valence-corrected chi connectivity index (χ3v) is 14.3. The molecule has 0 aliphatic heterocycles. The standard InChI is InChI=1S/C47H94O7/c48-37-29-44-28-26-24-22-20-18-16-14-12-10-8-6-4-2-1-3-5-7-9-11-13-15-17-19-21-23-25-27-30-45(31-38-49,32-39-50)47(35-42-53,36-43-54)46(44,33-40-51)34-41-52/h44,48-54H,1-43H2. The first kappa shape index (κ1) is 51.7. The molecule has 0 bridgehead atoms. The molecule has 1 atom stereocenters. The van der Waals surface area contributed by atoms with Gasteiger partial charge < -0.3 is 35.7 Å². The lowest BCUT2D eigenvalue weighted by atomic mass is 9.40. The van der Waals surface area contributed by atoms with Crippen LogP contribution in [0.4, 0.5) is 0 Å². The molecule has 7 nitrogen and oxygen atoms in total. The van der Waals surface area contributed by atoms with Crippen molar-refractivity contribution in [2.45, 2.75) is 231 Å². The molecule has 7 heteroatoms. The van der Waals surface area contributed by atoms with Gasteiger partial charge in [-0.05, 0) is 80.0 Å². The highest BCUT2D eigenvalue weighted by molar-refractivity contribution is 5.10. The first-order valence-corrected chi connectivity index (χ1v) is 23.8. The highest BCUT2D eigenvalue weighted by atomic mass is 16.3. The van der Waals surface area contributed by atoms with E-state index in [2.05, 4.69) is 0 Å². The summed E-state index contributed by atoms with van der Waals surface area (Å²) in [4.78, 5) is 0. The first-order valence-electron chi connectivity index (χ1n) is 23.8. The van der Waals surface area contributed by atoms with Gasteiger partial charge in [-0.3, -0.25) is 0 Å². The number of aliphatic hydroxyl groups is 7. The van der Waals surface area contributed by atoms with Crippen molar-refractivity contribution in [3.8, 4) is 0 Å². The Morgan fingerprint density at radius 2 is 0.574 bits per heavy atom. The highest BCUT2D eigenvalue weighted by Gasteiger charge is 2.62. The molecule has 1 saturated carbocycles. The van der Waals surface area contributed by atoms with Gasteiger partial charge in [0.05, 0.1) is 0 Å². The molecular formula is C47H94O7. The smallest absolute Gasteiger partial charge is 0.0436 e. The SMILES string of the molecule is OCCC1CCCCCCCCCCCCCCCCCCCCCCCCCCCCCC(CCO)(CCO)C(CCO)(CCO)C1(CCO)CCO.